The monoisotopic (exact) mass is 327 g/mol. The first kappa shape index (κ1) is 14.6. The molecule has 1 aliphatic heterocycles. The second-order valence-electron chi connectivity index (χ2n) is 7.04. The van der Waals surface area contributed by atoms with Crippen LogP contribution in [-0.4, -0.2) is 20.9 Å². The third-order valence-electron chi connectivity index (χ3n) is 5.20. The zero-order valence-electron chi connectivity index (χ0n) is 13.6. The Morgan fingerprint density at radius 2 is 1.91 bits per heavy atom. The fraction of sp³-hybridized carbons (Fsp3) is 0.333. The Balaban J connectivity index is 1.95. The third-order valence-corrected chi connectivity index (χ3v) is 6.12. The summed E-state index contributed by atoms with van der Waals surface area (Å²) in [5.41, 5.74) is 3.68. The molecule has 0 N–H and O–H groups in total. The van der Waals surface area contributed by atoms with Crippen LogP contribution >= 0.6 is 11.3 Å². The summed E-state index contributed by atoms with van der Waals surface area (Å²) in [7, 11) is 0. The predicted molar refractivity (Wildman–Crippen MR) is 92.2 cm³/mol. The molecule has 3 aromatic rings. The maximum Gasteiger partial charge on any atom is 0.214 e. The van der Waals surface area contributed by atoms with E-state index in [1.54, 1.807) is 23.6 Å². The molecule has 0 aromatic carbocycles. The van der Waals surface area contributed by atoms with Crippen molar-refractivity contribution < 1.29 is 4.39 Å². The average molecular weight is 327 g/mol. The third kappa shape index (κ3) is 1.92. The standard InChI is InChI=1S/C18H18FN3S/c1-17(2)13-7-8-23-16(13)15(21-18(17,3)4)11-9-12-5-6-14(19)22(12)20-10-11/h5-10H,1-4H3. The van der Waals surface area contributed by atoms with Gasteiger partial charge in [-0.1, -0.05) is 13.8 Å². The molecule has 0 atom stereocenters. The van der Waals surface area contributed by atoms with Crippen LogP contribution in [0.25, 0.3) is 5.52 Å². The smallest absolute Gasteiger partial charge is 0.214 e. The van der Waals surface area contributed by atoms with Gasteiger partial charge >= 0.3 is 0 Å². The Kier molecular flexibility index (Phi) is 2.86. The van der Waals surface area contributed by atoms with Gasteiger partial charge in [-0.05, 0) is 49.1 Å². The number of fused-ring (bicyclic) bond motifs is 2. The van der Waals surface area contributed by atoms with Gasteiger partial charge in [0.1, 0.15) is 0 Å². The Morgan fingerprint density at radius 3 is 2.70 bits per heavy atom. The van der Waals surface area contributed by atoms with E-state index in [-0.39, 0.29) is 16.9 Å². The quantitative estimate of drug-likeness (QED) is 0.649. The lowest BCUT2D eigenvalue weighted by atomic mass is 9.68. The summed E-state index contributed by atoms with van der Waals surface area (Å²) >= 11 is 1.70. The van der Waals surface area contributed by atoms with Crippen molar-refractivity contribution in [2.45, 2.75) is 38.6 Å². The molecule has 1 aliphatic rings. The van der Waals surface area contributed by atoms with E-state index < -0.39 is 0 Å². The Morgan fingerprint density at radius 1 is 1.13 bits per heavy atom. The molecule has 23 heavy (non-hydrogen) atoms. The first-order chi connectivity index (χ1) is 10.8. The average Bonchev–Trinajstić information content (AvgIpc) is 3.11. The highest BCUT2D eigenvalue weighted by molar-refractivity contribution is 7.12. The summed E-state index contributed by atoms with van der Waals surface area (Å²) < 4.78 is 14.9. The van der Waals surface area contributed by atoms with Crippen molar-refractivity contribution in [3.8, 4) is 0 Å². The number of hydrogen-bond acceptors (Lipinski definition) is 3. The van der Waals surface area contributed by atoms with Crippen molar-refractivity contribution in [3.05, 3.63) is 57.8 Å². The van der Waals surface area contributed by atoms with Crippen LogP contribution in [0.5, 0.6) is 0 Å². The minimum atomic E-state index is -0.351. The summed E-state index contributed by atoms with van der Waals surface area (Å²) in [6.45, 7) is 8.80. The molecule has 4 heterocycles. The van der Waals surface area contributed by atoms with Gasteiger partial charge in [-0.2, -0.15) is 9.49 Å². The molecule has 5 heteroatoms. The summed E-state index contributed by atoms with van der Waals surface area (Å²) in [6, 6.07) is 7.31. The fourth-order valence-electron chi connectivity index (χ4n) is 3.08. The zero-order chi connectivity index (χ0) is 16.4. The molecule has 3 nitrogen and oxygen atoms in total. The molecular formula is C18H18FN3S. The highest BCUT2D eigenvalue weighted by Gasteiger charge is 2.44. The van der Waals surface area contributed by atoms with E-state index >= 15 is 0 Å². The van der Waals surface area contributed by atoms with E-state index in [4.69, 9.17) is 4.99 Å². The second kappa shape index (κ2) is 4.51. The topological polar surface area (TPSA) is 29.7 Å². The van der Waals surface area contributed by atoms with Crippen LogP contribution in [0, 0.1) is 5.95 Å². The number of thiophene rings is 1. The molecule has 0 bridgehead atoms. The number of halogens is 1. The summed E-state index contributed by atoms with van der Waals surface area (Å²) in [6.07, 6.45) is 1.70. The van der Waals surface area contributed by atoms with Crippen LogP contribution in [0.4, 0.5) is 4.39 Å². The molecule has 0 spiro atoms. The molecular weight excluding hydrogens is 309 g/mol. The van der Waals surface area contributed by atoms with Gasteiger partial charge in [-0.3, -0.25) is 4.99 Å². The van der Waals surface area contributed by atoms with Gasteiger partial charge in [-0.25, -0.2) is 4.52 Å². The molecule has 3 aromatic heterocycles. The molecule has 0 amide bonds. The molecule has 0 fully saturated rings. The summed E-state index contributed by atoms with van der Waals surface area (Å²) in [4.78, 5) is 6.24. The van der Waals surface area contributed by atoms with Gasteiger partial charge in [0.15, 0.2) is 0 Å². The largest absolute Gasteiger partial charge is 0.276 e. The molecule has 0 saturated heterocycles. The van der Waals surface area contributed by atoms with Gasteiger partial charge in [0, 0.05) is 11.0 Å². The van der Waals surface area contributed by atoms with Crippen LogP contribution in [0.2, 0.25) is 0 Å². The van der Waals surface area contributed by atoms with Crippen LogP contribution in [0.1, 0.15) is 43.7 Å². The van der Waals surface area contributed by atoms with Crippen molar-refractivity contribution in [2.24, 2.45) is 4.99 Å². The number of rotatable bonds is 1. The van der Waals surface area contributed by atoms with E-state index in [2.05, 4.69) is 44.2 Å². The molecule has 0 saturated carbocycles. The van der Waals surface area contributed by atoms with E-state index in [9.17, 15) is 4.39 Å². The first-order valence-corrected chi connectivity index (χ1v) is 8.51. The van der Waals surface area contributed by atoms with Crippen molar-refractivity contribution in [1.29, 1.82) is 0 Å². The van der Waals surface area contributed by atoms with Gasteiger partial charge < -0.3 is 0 Å². The van der Waals surface area contributed by atoms with E-state index in [1.165, 1.54) is 21.0 Å². The number of aliphatic imine (C=N–C) groups is 1. The van der Waals surface area contributed by atoms with Crippen molar-refractivity contribution in [2.75, 3.05) is 0 Å². The lowest BCUT2D eigenvalue weighted by Crippen LogP contribution is -2.45. The summed E-state index contributed by atoms with van der Waals surface area (Å²) in [5, 5.41) is 6.34. The highest BCUT2D eigenvalue weighted by Crippen LogP contribution is 2.45. The Labute approximate surface area is 138 Å². The fourth-order valence-corrected chi connectivity index (χ4v) is 4.14. The van der Waals surface area contributed by atoms with E-state index in [0.29, 0.717) is 0 Å². The lowest BCUT2D eigenvalue weighted by molar-refractivity contribution is 0.305. The SMILES string of the molecule is CC1(C)N=C(c2cnn3c(F)ccc3c2)c2sccc2C1(C)C. The predicted octanol–water partition coefficient (Wildman–Crippen LogP) is 4.44. The van der Waals surface area contributed by atoms with Gasteiger partial charge in [0.25, 0.3) is 0 Å². The highest BCUT2D eigenvalue weighted by atomic mass is 32.1. The lowest BCUT2D eigenvalue weighted by Gasteiger charge is -2.43. The molecule has 0 radical (unpaired) electrons. The first-order valence-electron chi connectivity index (χ1n) is 7.63. The van der Waals surface area contributed by atoms with Crippen molar-refractivity contribution in [3.63, 3.8) is 0 Å². The molecule has 0 unspecified atom stereocenters. The van der Waals surface area contributed by atoms with E-state index in [0.717, 1.165) is 16.8 Å². The van der Waals surface area contributed by atoms with Gasteiger partial charge in [0.05, 0.1) is 27.8 Å². The zero-order valence-corrected chi connectivity index (χ0v) is 14.4. The minimum absolute atomic E-state index is 0.0372. The Hall–Kier alpha value is -2.01. The molecule has 0 aliphatic carbocycles. The number of aromatic nitrogens is 2. The van der Waals surface area contributed by atoms with Crippen LogP contribution in [-0.2, 0) is 5.41 Å². The number of nitrogens with zero attached hydrogens (tertiary/aromatic N) is 3. The van der Waals surface area contributed by atoms with Crippen molar-refractivity contribution >= 4 is 22.6 Å². The second-order valence-corrected chi connectivity index (χ2v) is 7.96. The van der Waals surface area contributed by atoms with Crippen LogP contribution in [0.3, 0.4) is 0 Å². The normalized spacial score (nSPS) is 18.7. The minimum Gasteiger partial charge on any atom is -0.276 e. The number of hydrogen-bond donors (Lipinski definition) is 0. The van der Waals surface area contributed by atoms with Gasteiger partial charge in [-0.15, -0.1) is 11.3 Å². The van der Waals surface area contributed by atoms with Crippen LogP contribution < -0.4 is 0 Å². The van der Waals surface area contributed by atoms with Crippen LogP contribution in [0.15, 0.2) is 40.8 Å². The molecule has 4 rings (SSSR count). The van der Waals surface area contributed by atoms with Gasteiger partial charge in [0.2, 0.25) is 5.95 Å². The maximum absolute atomic E-state index is 13.6. The van der Waals surface area contributed by atoms with Crippen molar-refractivity contribution in [1.82, 2.24) is 9.61 Å². The van der Waals surface area contributed by atoms with E-state index in [1.807, 2.05) is 6.07 Å². The summed E-state index contributed by atoms with van der Waals surface area (Å²) in [5.74, 6) is -0.351. The maximum atomic E-state index is 13.6. The Bertz CT molecular complexity index is 946. The molecule has 118 valence electrons.